The molecule has 0 saturated heterocycles. The molecule has 2 aromatic rings. The maximum Gasteiger partial charge on any atom is 0.325 e. The number of imide groups is 1. The molecule has 6 nitrogen and oxygen atoms in total. The number of amides is 3. The van der Waals surface area contributed by atoms with Gasteiger partial charge in [-0.1, -0.05) is 37.3 Å². The Kier molecular flexibility index (Phi) is 7.64. The zero-order chi connectivity index (χ0) is 18.8. The lowest BCUT2D eigenvalue weighted by atomic mass is 10.2. The van der Waals surface area contributed by atoms with Gasteiger partial charge in [-0.15, -0.1) is 0 Å². The molecule has 0 aliphatic heterocycles. The van der Waals surface area contributed by atoms with E-state index in [1.54, 1.807) is 31.4 Å². The maximum absolute atomic E-state index is 12.2. The third-order valence-corrected chi connectivity index (χ3v) is 3.76. The zero-order valence-corrected chi connectivity index (χ0v) is 15.2. The fraction of sp³-hybridized carbons (Fsp3) is 0.300. The Morgan fingerprint density at radius 1 is 1.04 bits per heavy atom. The Morgan fingerprint density at radius 3 is 2.35 bits per heavy atom. The molecule has 3 amide bonds. The second-order valence-electron chi connectivity index (χ2n) is 5.93. The number of hydrogen-bond acceptors (Lipinski definition) is 4. The summed E-state index contributed by atoms with van der Waals surface area (Å²) in [6.07, 6.45) is 0.929. The first-order valence-electron chi connectivity index (χ1n) is 8.62. The van der Waals surface area contributed by atoms with Gasteiger partial charge in [0.15, 0.2) is 0 Å². The maximum atomic E-state index is 12.2. The second kappa shape index (κ2) is 10.2. The van der Waals surface area contributed by atoms with Crippen LogP contribution in [-0.4, -0.2) is 37.0 Å². The lowest BCUT2D eigenvalue weighted by Gasteiger charge is -2.21. The number of benzene rings is 2. The molecular weight excluding hydrogens is 330 g/mol. The minimum absolute atomic E-state index is 0.165. The number of nitrogens with one attached hydrogen (secondary N) is 2. The molecule has 0 aliphatic rings. The van der Waals surface area contributed by atoms with Crippen molar-refractivity contribution in [3.8, 4) is 5.75 Å². The van der Waals surface area contributed by atoms with Crippen LogP contribution in [0.2, 0.25) is 0 Å². The molecule has 0 aromatic heterocycles. The van der Waals surface area contributed by atoms with Gasteiger partial charge in [0.05, 0.1) is 13.7 Å². The first-order valence-corrected chi connectivity index (χ1v) is 8.62. The summed E-state index contributed by atoms with van der Waals surface area (Å²) in [5, 5.41) is 5.00. The van der Waals surface area contributed by atoms with Gasteiger partial charge >= 0.3 is 6.03 Å². The molecule has 0 saturated carbocycles. The van der Waals surface area contributed by atoms with Crippen LogP contribution in [0, 0.1) is 0 Å². The third kappa shape index (κ3) is 6.57. The molecule has 0 fully saturated rings. The fourth-order valence-electron chi connectivity index (χ4n) is 2.58. The highest BCUT2D eigenvalue weighted by Crippen LogP contribution is 2.14. The number of anilines is 1. The number of nitrogens with zero attached hydrogens (tertiary/aromatic N) is 1. The van der Waals surface area contributed by atoms with E-state index < -0.39 is 6.03 Å². The van der Waals surface area contributed by atoms with Gasteiger partial charge in [-0.25, -0.2) is 4.79 Å². The van der Waals surface area contributed by atoms with Crippen molar-refractivity contribution >= 4 is 17.6 Å². The first kappa shape index (κ1) is 19.5. The van der Waals surface area contributed by atoms with Crippen molar-refractivity contribution in [2.24, 2.45) is 0 Å². The standard InChI is InChI=1S/C20H25N3O3/c1-3-13-23(14-16-7-5-4-6-8-16)15-19(24)22-20(25)21-17-9-11-18(26-2)12-10-17/h4-12H,3,13-15H2,1-2H3,(H2,21,22,24,25). The molecule has 2 N–H and O–H groups in total. The van der Waals surface area contributed by atoms with Crippen molar-refractivity contribution in [1.82, 2.24) is 10.2 Å². The van der Waals surface area contributed by atoms with Crippen molar-refractivity contribution in [2.45, 2.75) is 19.9 Å². The van der Waals surface area contributed by atoms with Gasteiger partial charge in [-0.05, 0) is 42.8 Å². The summed E-state index contributed by atoms with van der Waals surface area (Å²) in [6, 6.07) is 16.3. The quantitative estimate of drug-likeness (QED) is 0.762. The molecule has 0 heterocycles. The van der Waals surface area contributed by atoms with E-state index in [2.05, 4.69) is 17.6 Å². The summed E-state index contributed by atoms with van der Waals surface area (Å²) in [5.41, 5.74) is 1.72. The smallest absolute Gasteiger partial charge is 0.325 e. The van der Waals surface area contributed by atoms with Crippen LogP contribution in [0.5, 0.6) is 5.75 Å². The van der Waals surface area contributed by atoms with Crippen LogP contribution in [0.15, 0.2) is 54.6 Å². The number of rotatable bonds is 8. The molecule has 2 rings (SSSR count). The van der Waals surface area contributed by atoms with E-state index in [1.165, 1.54) is 0 Å². The molecule has 0 atom stereocenters. The van der Waals surface area contributed by atoms with E-state index >= 15 is 0 Å². The molecule has 0 bridgehead atoms. The molecule has 0 aliphatic carbocycles. The van der Waals surface area contributed by atoms with Gasteiger partial charge in [0.1, 0.15) is 5.75 Å². The van der Waals surface area contributed by atoms with Crippen LogP contribution < -0.4 is 15.4 Å². The molecule has 2 aromatic carbocycles. The number of carbonyl (C=O) groups is 2. The summed E-state index contributed by atoms with van der Waals surface area (Å²) >= 11 is 0. The van der Waals surface area contributed by atoms with Crippen molar-refractivity contribution in [3.63, 3.8) is 0 Å². The van der Waals surface area contributed by atoms with Gasteiger partial charge in [0.25, 0.3) is 0 Å². The van der Waals surface area contributed by atoms with E-state index in [0.29, 0.717) is 18.0 Å². The van der Waals surface area contributed by atoms with Crippen LogP contribution >= 0.6 is 0 Å². The number of carbonyl (C=O) groups excluding carboxylic acids is 2. The Hall–Kier alpha value is -2.86. The lowest BCUT2D eigenvalue weighted by Crippen LogP contribution is -2.41. The number of hydrogen-bond donors (Lipinski definition) is 2. The van der Waals surface area contributed by atoms with Crippen LogP contribution in [0.3, 0.4) is 0 Å². The Morgan fingerprint density at radius 2 is 1.73 bits per heavy atom. The average Bonchev–Trinajstić information content (AvgIpc) is 2.63. The van der Waals surface area contributed by atoms with Crippen LogP contribution in [0.1, 0.15) is 18.9 Å². The molecule has 6 heteroatoms. The monoisotopic (exact) mass is 355 g/mol. The summed E-state index contributed by atoms with van der Waals surface area (Å²) in [4.78, 5) is 26.2. The third-order valence-electron chi connectivity index (χ3n) is 3.76. The van der Waals surface area contributed by atoms with Crippen molar-refractivity contribution in [3.05, 3.63) is 60.2 Å². The SMILES string of the molecule is CCCN(CC(=O)NC(=O)Nc1ccc(OC)cc1)Cc1ccccc1. The first-order chi connectivity index (χ1) is 12.6. The lowest BCUT2D eigenvalue weighted by molar-refractivity contribution is -0.121. The number of urea groups is 1. The molecule has 0 radical (unpaired) electrons. The minimum atomic E-state index is -0.545. The van der Waals surface area contributed by atoms with Crippen LogP contribution in [0.4, 0.5) is 10.5 Å². The molecule has 0 unspecified atom stereocenters. The Labute approximate surface area is 154 Å². The summed E-state index contributed by atoms with van der Waals surface area (Å²) < 4.78 is 5.07. The average molecular weight is 355 g/mol. The van der Waals surface area contributed by atoms with Gasteiger partial charge < -0.3 is 10.1 Å². The molecular formula is C20H25N3O3. The van der Waals surface area contributed by atoms with E-state index in [1.807, 2.05) is 35.2 Å². The minimum Gasteiger partial charge on any atom is -0.497 e. The highest BCUT2D eigenvalue weighted by Gasteiger charge is 2.13. The topological polar surface area (TPSA) is 70.7 Å². The Bertz CT molecular complexity index is 702. The molecule has 138 valence electrons. The van der Waals surface area contributed by atoms with Gasteiger partial charge in [0, 0.05) is 12.2 Å². The predicted octanol–water partition coefficient (Wildman–Crippen LogP) is 3.26. The number of methoxy groups -OCH3 is 1. The van der Waals surface area contributed by atoms with Crippen molar-refractivity contribution in [2.75, 3.05) is 25.5 Å². The van der Waals surface area contributed by atoms with Gasteiger partial charge in [-0.3, -0.25) is 15.0 Å². The fourth-order valence-corrected chi connectivity index (χ4v) is 2.58. The molecule has 0 spiro atoms. The normalized spacial score (nSPS) is 10.4. The summed E-state index contributed by atoms with van der Waals surface area (Å²) in [5.74, 6) is 0.364. The van der Waals surface area contributed by atoms with E-state index in [4.69, 9.17) is 4.74 Å². The van der Waals surface area contributed by atoms with Crippen LogP contribution in [-0.2, 0) is 11.3 Å². The summed E-state index contributed by atoms with van der Waals surface area (Å²) in [7, 11) is 1.57. The highest BCUT2D eigenvalue weighted by molar-refractivity contribution is 6.01. The van der Waals surface area contributed by atoms with Crippen molar-refractivity contribution in [1.29, 1.82) is 0 Å². The van der Waals surface area contributed by atoms with E-state index in [9.17, 15) is 9.59 Å². The Balaban J connectivity index is 1.84. The second-order valence-corrected chi connectivity index (χ2v) is 5.93. The highest BCUT2D eigenvalue weighted by atomic mass is 16.5. The largest absolute Gasteiger partial charge is 0.497 e. The van der Waals surface area contributed by atoms with E-state index in [-0.39, 0.29) is 12.5 Å². The zero-order valence-electron chi connectivity index (χ0n) is 15.2. The molecule has 26 heavy (non-hydrogen) atoms. The number of ether oxygens (including phenoxy) is 1. The van der Waals surface area contributed by atoms with Crippen LogP contribution in [0.25, 0.3) is 0 Å². The summed E-state index contributed by atoms with van der Waals surface area (Å²) in [6.45, 7) is 3.68. The van der Waals surface area contributed by atoms with Crippen molar-refractivity contribution < 1.29 is 14.3 Å². The van der Waals surface area contributed by atoms with Gasteiger partial charge in [0.2, 0.25) is 5.91 Å². The predicted molar refractivity (Wildman–Crippen MR) is 102 cm³/mol. The van der Waals surface area contributed by atoms with Gasteiger partial charge in [-0.2, -0.15) is 0 Å². The van der Waals surface area contributed by atoms with E-state index in [0.717, 1.165) is 18.5 Å².